The Bertz CT molecular complexity index is 1270. The fraction of sp³-hybridized carbons (Fsp3) is 0.429. The van der Waals surface area contributed by atoms with Crippen molar-refractivity contribution in [2.45, 2.75) is 72.4 Å². The molecule has 0 bridgehead atoms. The normalized spacial score (nSPS) is 25.8. The van der Waals surface area contributed by atoms with Crippen LogP contribution in [-0.4, -0.2) is 16.9 Å². The lowest BCUT2D eigenvalue weighted by Crippen LogP contribution is -2.51. The van der Waals surface area contributed by atoms with E-state index in [0.29, 0.717) is 6.42 Å². The number of aryl methyl sites for hydroxylation is 2. The van der Waals surface area contributed by atoms with Gasteiger partial charge in [-0.2, -0.15) is 10.2 Å². The molecule has 33 heavy (non-hydrogen) atoms. The highest BCUT2D eigenvalue weighted by Gasteiger charge is 2.53. The van der Waals surface area contributed by atoms with Crippen LogP contribution >= 0.6 is 0 Å². The van der Waals surface area contributed by atoms with Gasteiger partial charge in [-0.1, -0.05) is 39.0 Å². The summed E-state index contributed by atoms with van der Waals surface area (Å²) in [6.07, 6.45) is 3.91. The topological polar surface area (TPSA) is 66.7 Å². The molecule has 0 fully saturated rings. The number of pyridine rings is 1. The number of nitrogens with zero attached hydrogens (tertiary/aromatic N) is 3. The van der Waals surface area contributed by atoms with E-state index in [4.69, 9.17) is 0 Å². The zero-order chi connectivity index (χ0) is 23.5. The predicted molar refractivity (Wildman–Crippen MR) is 131 cm³/mol. The second kappa shape index (κ2) is 7.47. The summed E-state index contributed by atoms with van der Waals surface area (Å²) < 4.78 is 0. The van der Waals surface area contributed by atoms with Gasteiger partial charge in [0.05, 0.1) is 11.1 Å². The number of Topliss-reactive ketones (excluding diaryl/α,β-unsaturated/α-hetero) is 1. The van der Waals surface area contributed by atoms with Crippen molar-refractivity contribution in [3.8, 4) is 11.1 Å². The van der Waals surface area contributed by atoms with E-state index < -0.39 is 5.41 Å². The zero-order valence-electron chi connectivity index (χ0n) is 20.4. The molecule has 0 saturated carbocycles. The van der Waals surface area contributed by atoms with Crippen LogP contribution < -0.4 is 5.32 Å². The lowest BCUT2D eigenvalue weighted by molar-refractivity contribution is -0.119. The average Bonchev–Trinajstić information content (AvgIpc) is 3.14. The van der Waals surface area contributed by atoms with Crippen LogP contribution in [0.15, 0.2) is 69.3 Å². The van der Waals surface area contributed by atoms with Gasteiger partial charge in [0.15, 0.2) is 11.9 Å². The van der Waals surface area contributed by atoms with Crippen molar-refractivity contribution in [3.63, 3.8) is 0 Å². The van der Waals surface area contributed by atoms with E-state index in [1.807, 2.05) is 20.0 Å². The fourth-order valence-corrected chi connectivity index (χ4v) is 6.10. The lowest BCUT2D eigenvalue weighted by Gasteiger charge is -2.48. The third kappa shape index (κ3) is 3.28. The molecule has 0 amide bonds. The van der Waals surface area contributed by atoms with E-state index in [1.54, 1.807) is 0 Å². The second-order valence-corrected chi connectivity index (χ2v) is 10.5. The summed E-state index contributed by atoms with van der Waals surface area (Å²) in [7, 11) is 0. The summed E-state index contributed by atoms with van der Waals surface area (Å²) in [5.41, 5.74) is 9.01. The minimum Gasteiger partial charge on any atom is -0.362 e. The number of fused-ring (bicyclic) bond motifs is 1. The van der Waals surface area contributed by atoms with E-state index in [-0.39, 0.29) is 17.4 Å². The van der Waals surface area contributed by atoms with Crippen LogP contribution in [0, 0.1) is 19.3 Å². The van der Waals surface area contributed by atoms with Gasteiger partial charge in [0, 0.05) is 35.2 Å². The Labute approximate surface area is 196 Å². The highest BCUT2D eigenvalue weighted by molar-refractivity contribution is 6.01. The molecule has 5 nitrogen and oxygen atoms in total. The number of azo groups is 1. The Morgan fingerprint density at radius 2 is 1.91 bits per heavy atom. The maximum atomic E-state index is 13.8. The smallest absolute Gasteiger partial charge is 0.165 e. The molecule has 1 N–H and O–H groups in total. The number of rotatable bonds is 3. The van der Waals surface area contributed by atoms with Gasteiger partial charge in [-0.3, -0.25) is 9.78 Å². The molecule has 170 valence electrons. The number of benzene rings is 1. The van der Waals surface area contributed by atoms with Crippen LogP contribution in [0.25, 0.3) is 11.1 Å². The first-order chi connectivity index (χ1) is 15.7. The van der Waals surface area contributed by atoms with Crippen molar-refractivity contribution in [1.29, 1.82) is 0 Å². The fourth-order valence-electron chi connectivity index (χ4n) is 6.10. The number of ketones is 1. The van der Waals surface area contributed by atoms with Crippen molar-refractivity contribution >= 4 is 5.78 Å². The molecule has 3 aliphatic rings. The minimum atomic E-state index is -0.529. The summed E-state index contributed by atoms with van der Waals surface area (Å²) in [5, 5.41) is 12.6. The number of allylic oxidation sites excluding steroid dienone is 3. The quantitative estimate of drug-likeness (QED) is 0.607. The van der Waals surface area contributed by atoms with Gasteiger partial charge in [-0.15, -0.1) is 0 Å². The monoisotopic (exact) mass is 440 g/mol. The molecule has 2 aliphatic heterocycles. The molecule has 5 heteroatoms. The molecule has 1 aromatic carbocycles. The van der Waals surface area contributed by atoms with Crippen molar-refractivity contribution in [2.75, 3.05) is 0 Å². The minimum absolute atomic E-state index is 0.0675. The molecule has 0 radical (unpaired) electrons. The number of nitrogens with one attached hydrogen (secondary N) is 1. The number of carbonyl (C=O) groups excluding carboxylic acids is 1. The first-order valence-corrected chi connectivity index (χ1v) is 11.9. The van der Waals surface area contributed by atoms with Gasteiger partial charge in [0.1, 0.15) is 0 Å². The second-order valence-electron chi connectivity index (χ2n) is 10.5. The molecule has 2 atom stereocenters. The Kier molecular flexibility index (Phi) is 4.93. The third-order valence-corrected chi connectivity index (χ3v) is 7.50. The van der Waals surface area contributed by atoms with Gasteiger partial charge < -0.3 is 5.32 Å². The lowest BCUT2D eigenvalue weighted by atomic mass is 9.58. The van der Waals surface area contributed by atoms with Crippen LogP contribution in [-0.2, 0) is 10.2 Å². The van der Waals surface area contributed by atoms with Crippen molar-refractivity contribution < 1.29 is 4.79 Å². The number of aromatic nitrogens is 1. The molecule has 0 spiro atoms. The molecule has 0 saturated heterocycles. The van der Waals surface area contributed by atoms with Gasteiger partial charge in [-0.05, 0) is 73.4 Å². The third-order valence-electron chi connectivity index (χ3n) is 7.50. The first kappa shape index (κ1) is 21.7. The number of hydrogen-bond acceptors (Lipinski definition) is 5. The Balaban J connectivity index is 1.78. The maximum absolute atomic E-state index is 13.8. The van der Waals surface area contributed by atoms with Gasteiger partial charge in [0.2, 0.25) is 0 Å². The predicted octanol–water partition coefficient (Wildman–Crippen LogP) is 6.33. The van der Waals surface area contributed by atoms with Crippen LogP contribution in [0.1, 0.15) is 63.8 Å². The molecule has 5 rings (SSSR count). The van der Waals surface area contributed by atoms with Gasteiger partial charge in [-0.25, -0.2) is 0 Å². The number of carbonyl (C=O) groups is 1. The average molecular weight is 441 g/mol. The molecule has 1 aromatic heterocycles. The summed E-state index contributed by atoms with van der Waals surface area (Å²) in [5.74, 6) is 0.239. The van der Waals surface area contributed by atoms with Gasteiger partial charge >= 0.3 is 0 Å². The Hall–Kier alpha value is -3.08. The molecule has 2 aromatic rings. The molecular formula is C28H32N4O. The largest absolute Gasteiger partial charge is 0.362 e. The Morgan fingerprint density at radius 3 is 2.67 bits per heavy atom. The van der Waals surface area contributed by atoms with E-state index in [2.05, 4.69) is 78.6 Å². The van der Waals surface area contributed by atoms with Crippen molar-refractivity contribution in [1.82, 2.24) is 10.3 Å². The standard InChI is InChI=1S/C28H32N4O/c1-7-28(20-10-8-9-19(12-20)21-11-17(3)29-15-16(21)2)24-18(4)31-32-26(24)30-22-13-27(5,6)14-23(33)25(22)28/h8-12,15,26,30H,7,13-14H2,1-6H3/t26?,28-/m0/s1. The molecule has 1 aliphatic carbocycles. The van der Waals surface area contributed by atoms with E-state index in [0.717, 1.165) is 57.8 Å². The number of hydrogen-bond donors (Lipinski definition) is 1. The van der Waals surface area contributed by atoms with E-state index in [1.165, 1.54) is 5.56 Å². The van der Waals surface area contributed by atoms with Crippen LogP contribution in [0.2, 0.25) is 0 Å². The zero-order valence-corrected chi connectivity index (χ0v) is 20.4. The summed E-state index contributed by atoms with van der Waals surface area (Å²) >= 11 is 0. The molecular weight excluding hydrogens is 408 g/mol. The first-order valence-electron chi connectivity index (χ1n) is 11.9. The van der Waals surface area contributed by atoms with E-state index in [9.17, 15) is 4.79 Å². The Morgan fingerprint density at radius 1 is 1.12 bits per heavy atom. The van der Waals surface area contributed by atoms with Gasteiger partial charge in [0.25, 0.3) is 0 Å². The molecule has 3 heterocycles. The highest BCUT2D eigenvalue weighted by atomic mass is 16.1. The summed E-state index contributed by atoms with van der Waals surface area (Å²) in [4.78, 5) is 18.2. The van der Waals surface area contributed by atoms with E-state index >= 15 is 0 Å². The molecule has 1 unspecified atom stereocenters. The van der Waals surface area contributed by atoms with Crippen LogP contribution in [0.5, 0.6) is 0 Å². The SMILES string of the molecule is CC[C@@]1(c2cccc(-c3cc(C)ncc3C)c2)C2=C(CC(C)(C)CC2=O)NC2N=NC(C)=C21. The van der Waals surface area contributed by atoms with Crippen LogP contribution in [0.4, 0.5) is 0 Å². The van der Waals surface area contributed by atoms with Crippen molar-refractivity contribution in [2.24, 2.45) is 15.6 Å². The van der Waals surface area contributed by atoms with Crippen LogP contribution in [0.3, 0.4) is 0 Å². The summed E-state index contributed by atoms with van der Waals surface area (Å²) in [6.45, 7) is 12.7. The highest BCUT2D eigenvalue weighted by Crippen LogP contribution is 2.55. The maximum Gasteiger partial charge on any atom is 0.165 e. The summed E-state index contributed by atoms with van der Waals surface area (Å²) in [6, 6.07) is 10.9. The van der Waals surface area contributed by atoms with Crippen molar-refractivity contribution in [3.05, 3.63) is 75.9 Å².